The van der Waals surface area contributed by atoms with E-state index in [1.807, 2.05) is 0 Å². The van der Waals surface area contributed by atoms with Gasteiger partial charge in [0.25, 0.3) is 0 Å². The molecule has 0 amide bonds. The minimum absolute atomic E-state index is 0.167. The average Bonchev–Trinajstić information content (AvgIpc) is 3.09. The van der Waals surface area contributed by atoms with Crippen molar-refractivity contribution in [2.45, 2.75) is 27.7 Å². The Morgan fingerprint density at radius 3 is 1.41 bits per heavy atom. The summed E-state index contributed by atoms with van der Waals surface area (Å²) in [5.41, 5.74) is 5.49. The molecule has 3 heterocycles. The molecular weight excluding hydrogens is 332 g/mol. The van der Waals surface area contributed by atoms with Crippen LogP contribution in [0.4, 0.5) is 22.7 Å². The van der Waals surface area contributed by atoms with Gasteiger partial charge in [-0.3, -0.25) is 0 Å². The van der Waals surface area contributed by atoms with Gasteiger partial charge in [0.1, 0.15) is 0 Å². The summed E-state index contributed by atoms with van der Waals surface area (Å²) in [5, 5.41) is 0. The zero-order valence-corrected chi connectivity index (χ0v) is 16.7. The fourth-order valence-electron chi connectivity index (χ4n) is 4.94. The maximum Gasteiger partial charge on any atom is 0.156 e. The Kier molecular flexibility index (Phi) is 3.48. The second-order valence-electron chi connectivity index (χ2n) is 8.45. The van der Waals surface area contributed by atoms with Crippen LogP contribution in [-0.4, -0.2) is 26.2 Å². The zero-order valence-electron chi connectivity index (χ0n) is 16.7. The molecule has 4 nitrogen and oxygen atoms in total. The number of anilines is 4. The molecule has 140 valence electrons. The van der Waals surface area contributed by atoms with Crippen LogP contribution in [0, 0.1) is 5.41 Å². The summed E-state index contributed by atoms with van der Waals surface area (Å²) >= 11 is 0. The topological polar surface area (TPSA) is 13.0 Å². The molecule has 0 aliphatic carbocycles. The summed E-state index contributed by atoms with van der Waals surface area (Å²) in [6, 6.07) is 17.7. The van der Waals surface area contributed by atoms with Gasteiger partial charge in [0, 0.05) is 31.6 Å². The lowest BCUT2D eigenvalue weighted by molar-refractivity contribution is 0.390. The fourth-order valence-corrected chi connectivity index (χ4v) is 4.94. The maximum absolute atomic E-state index is 2.56. The summed E-state index contributed by atoms with van der Waals surface area (Å²) in [6.45, 7) is 13.3. The Balaban J connectivity index is 1.81. The lowest BCUT2D eigenvalue weighted by atomic mass is 9.92. The van der Waals surface area contributed by atoms with E-state index in [1.54, 1.807) is 0 Å². The lowest BCUT2D eigenvalue weighted by Gasteiger charge is -2.31. The third kappa shape index (κ3) is 2.22. The van der Waals surface area contributed by atoms with Gasteiger partial charge in [-0.15, -0.1) is 0 Å². The standard InChI is InChI=1S/C23H28N4/c1-5-24-17-11-7-9-13-19(17)26-15-23(3,4)16-27-20-14-10-8-12-18(20)25(6-2)22(27)21(24)26/h7-14H,5-6,15-16H2,1-4H3. The van der Waals surface area contributed by atoms with Crippen molar-refractivity contribution in [2.75, 3.05) is 45.8 Å². The van der Waals surface area contributed by atoms with Gasteiger partial charge in [0.05, 0.1) is 22.7 Å². The molecule has 0 saturated heterocycles. The molecule has 2 aromatic rings. The van der Waals surface area contributed by atoms with E-state index in [1.165, 1.54) is 34.4 Å². The Labute approximate surface area is 162 Å². The van der Waals surface area contributed by atoms with Gasteiger partial charge >= 0.3 is 0 Å². The molecule has 0 N–H and O–H groups in total. The number of hydrogen-bond donors (Lipinski definition) is 0. The summed E-state index contributed by atoms with van der Waals surface area (Å²) < 4.78 is 0. The normalized spacial score (nSPS) is 19.7. The molecule has 0 aromatic heterocycles. The first-order valence-corrected chi connectivity index (χ1v) is 10.1. The van der Waals surface area contributed by atoms with E-state index >= 15 is 0 Å². The first kappa shape index (κ1) is 16.5. The smallest absolute Gasteiger partial charge is 0.156 e. The average molecular weight is 361 g/mol. The molecule has 3 aliphatic heterocycles. The van der Waals surface area contributed by atoms with Crippen molar-refractivity contribution in [3.8, 4) is 0 Å². The van der Waals surface area contributed by atoms with E-state index in [-0.39, 0.29) is 5.41 Å². The van der Waals surface area contributed by atoms with Crippen molar-refractivity contribution in [3.05, 3.63) is 60.2 Å². The molecule has 3 aliphatic rings. The van der Waals surface area contributed by atoms with Crippen LogP contribution in [-0.2, 0) is 0 Å². The summed E-state index contributed by atoms with van der Waals surface area (Å²) in [7, 11) is 0. The molecular formula is C23H28N4. The first-order valence-electron chi connectivity index (χ1n) is 10.1. The van der Waals surface area contributed by atoms with E-state index < -0.39 is 0 Å². The third-order valence-electron chi connectivity index (χ3n) is 5.95. The Bertz CT molecular complexity index is 856. The molecule has 0 atom stereocenters. The highest BCUT2D eigenvalue weighted by Crippen LogP contribution is 2.51. The fraction of sp³-hybridized carbons (Fsp3) is 0.391. The van der Waals surface area contributed by atoms with Crippen LogP contribution in [0.5, 0.6) is 0 Å². The van der Waals surface area contributed by atoms with Crippen molar-refractivity contribution in [2.24, 2.45) is 5.41 Å². The highest BCUT2D eigenvalue weighted by atomic mass is 15.5. The Morgan fingerprint density at radius 2 is 1.04 bits per heavy atom. The molecule has 5 rings (SSSR count). The summed E-state index contributed by atoms with van der Waals surface area (Å²) in [6.07, 6.45) is 0. The van der Waals surface area contributed by atoms with Gasteiger partial charge in [0.2, 0.25) is 0 Å². The molecule has 0 unspecified atom stereocenters. The summed E-state index contributed by atoms with van der Waals surface area (Å²) in [5.74, 6) is 2.67. The molecule has 4 heteroatoms. The third-order valence-corrected chi connectivity index (χ3v) is 5.95. The molecule has 27 heavy (non-hydrogen) atoms. The van der Waals surface area contributed by atoms with Gasteiger partial charge < -0.3 is 19.6 Å². The monoisotopic (exact) mass is 360 g/mol. The molecule has 0 bridgehead atoms. The second kappa shape index (κ2) is 5.69. The largest absolute Gasteiger partial charge is 0.323 e. The molecule has 0 radical (unpaired) electrons. The number of para-hydroxylation sites is 4. The molecule has 0 fully saturated rings. The van der Waals surface area contributed by atoms with E-state index in [9.17, 15) is 0 Å². The Hall–Kier alpha value is -2.62. The van der Waals surface area contributed by atoms with Gasteiger partial charge in [-0.2, -0.15) is 0 Å². The predicted molar refractivity (Wildman–Crippen MR) is 114 cm³/mol. The van der Waals surface area contributed by atoms with Crippen molar-refractivity contribution in [1.29, 1.82) is 0 Å². The van der Waals surface area contributed by atoms with E-state index in [0.717, 1.165) is 26.2 Å². The summed E-state index contributed by atoms with van der Waals surface area (Å²) in [4.78, 5) is 10.1. The number of rotatable bonds is 2. The number of fused-ring (bicyclic) bond motifs is 6. The molecule has 0 saturated carbocycles. The Morgan fingerprint density at radius 1 is 0.667 bits per heavy atom. The van der Waals surface area contributed by atoms with Crippen molar-refractivity contribution in [1.82, 2.24) is 0 Å². The zero-order chi connectivity index (χ0) is 18.8. The van der Waals surface area contributed by atoms with Gasteiger partial charge in [-0.05, 0) is 38.1 Å². The second-order valence-corrected chi connectivity index (χ2v) is 8.45. The minimum atomic E-state index is 0.167. The van der Waals surface area contributed by atoms with Crippen molar-refractivity contribution >= 4 is 22.7 Å². The van der Waals surface area contributed by atoms with Crippen LogP contribution >= 0.6 is 0 Å². The quantitative estimate of drug-likeness (QED) is 0.759. The lowest BCUT2D eigenvalue weighted by Crippen LogP contribution is -2.37. The molecule has 2 aromatic carbocycles. The van der Waals surface area contributed by atoms with E-state index in [0.29, 0.717) is 0 Å². The number of hydrogen-bond acceptors (Lipinski definition) is 4. The number of benzene rings is 2. The van der Waals surface area contributed by atoms with Crippen LogP contribution in [0.2, 0.25) is 0 Å². The maximum atomic E-state index is 2.56. The first-order chi connectivity index (χ1) is 13.1. The van der Waals surface area contributed by atoms with Gasteiger partial charge in [0.15, 0.2) is 11.6 Å². The van der Waals surface area contributed by atoms with Crippen molar-refractivity contribution < 1.29 is 0 Å². The highest BCUT2D eigenvalue weighted by Gasteiger charge is 2.46. The van der Waals surface area contributed by atoms with Crippen LogP contribution in [0.25, 0.3) is 0 Å². The van der Waals surface area contributed by atoms with Crippen LogP contribution in [0.1, 0.15) is 27.7 Å². The van der Waals surface area contributed by atoms with Crippen LogP contribution in [0.3, 0.4) is 0 Å². The van der Waals surface area contributed by atoms with Crippen molar-refractivity contribution in [3.63, 3.8) is 0 Å². The predicted octanol–water partition coefficient (Wildman–Crippen LogP) is 4.85. The van der Waals surface area contributed by atoms with Crippen LogP contribution in [0.15, 0.2) is 60.2 Å². The van der Waals surface area contributed by atoms with E-state index in [4.69, 9.17) is 0 Å². The van der Waals surface area contributed by atoms with Gasteiger partial charge in [-0.1, -0.05) is 38.1 Å². The van der Waals surface area contributed by atoms with E-state index in [2.05, 4.69) is 95.8 Å². The highest BCUT2D eigenvalue weighted by molar-refractivity contribution is 5.89. The van der Waals surface area contributed by atoms with Gasteiger partial charge in [-0.25, -0.2) is 0 Å². The minimum Gasteiger partial charge on any atom is -0.323 e. The molecule has 0 spiro atoms. The SMILES string of the molecule is CCN1C2=C3N(CC)c4ccccc4N3CC(C)(C)CN2c2ccccc21. The number of nitrogens with zero attached hydrogens (tertiary/aromatic N) is 4. The van der Waals surface area contributed by atoms with Crippen LogP contribution < -0.4 is 19.6 Å².